The molecule has 5 aliphatic carbocycles. The summed E-state index contributed by atoms with van der Waals surface area (Å²) in [5.74, 6) is 0.0346. The molecule has 0 aliphatic heterocycles. The maximum atomic E-state index is 14.5. The lowest BCUT2D eigenvalue weighted by molar-refractivity contribution is -0.178. The number of amides is 1. The molecule has 212 valence electrons. The van der Waals surface area contributed by atoms with Crippen molar-refractivity contribution >= 4 is 17.5 Å². The first-order valence-corrected chi connectivity index (χ1v) is 15.1. The van der Waals surface area contributed by atoms with Crippen molar-refractivity contribution in [3.05, 3.63) is 23.3 Å². The summed E-state index contributed by atoms with van der Waals surface area (Å²) in [4.78, 5) is 41.7. The van der Waals surface area contributed by atoms with E-state index < -0.39 is 16.2 Å². The number of nitrogens with zero attached hydrogens (tertiary/aromatic N) is 1. The molecule has 7 atom stereocenters. The van der Waals surface area contributed by atoms with Gasteiger partial charge in [0, 0.05) is 22.8 Å². The summed E-state index contributed by atoms with van der Waals surface area (Å²) in [6.45, 7) is 19.4. The fraction of sp³-hybridized carbons (Fsp3) is 0.765. The van der Waals surface area contributed by atoms with Gasteiger partial charge in [0.15, 0.2) is 11.6 Å². The summed E-state index contributed by atoms with van der Waals surface area (Å²) >= 11 is 0. The van der Waals surface area contributed by atoms with Crippen LogP contribution in [0.15, 0.2) is 23.3 Å². The number of hydrogen-bond donors (Lipinski definition) is 1. The van der Waals surface area contributed by atoms with Crippen molar-refractivity contribution in [1.82, 2.24) is 5.32 Å². The van der Waals surface area contributed by atoms with E-state index in [1.165, 1.54) is 0 Å². The first-order chi connectivity index (χ1) is 17.9. The molecule has 1 amide bonds. The van der Waals surface area contributed by atoms with Gasteiger partial charge < -0.3 is 5.32 Å². The van der Waals surface area contributed by atoms with Crippen LogP contribution in [0.5, 0.6) is 0 Å². The number of Topliss-reactive ketones (excluding diaryl/α,β-unsaturated/α-hetero) is 1. The Morgan fingerprint density at radius 3 is 2.26 bits per heavy atom. The summed E-state index contributed by atoms with van der Waals surface area (Å²) in [6.07, 6.45) is 9.96. The van der Waals surface area contributed by atoms with Gasteiger partial charge in [0.2, 0.25) is 5.91 Å². The summed E-state index contributed by atoms with van der Waals surface area (Å²) in [6, 6.07) is 2.25. The Balaban J connectivity index is 1.68. The highest BCUT2D eigenvalue weighted by Gasteiger charge is 2.70. The van der Waals surface area contributed by atoms with Gasteiger partial charge in [-0.1, -0.05) is 60.1 Å². The van der Waals surface area contributed by atoms with Crippen LogP contribution >= 0.6 is 0 Å². The van der Waals surface area contributed by atoms with Crippen LogP contribution in [-0.2, 0) is 14.4 Å². The van der Waals surface area contributed by atoms with E-state index in [0.717, 1.165) is 50.5 Å². The van der Waals surface area contributed by atoms with E-state index in [2.05, 4.69) is 46.0 Å². The number of carbonyl (C=O) groups excluding carboxylic acids is 3. The van der Waals surface area contributed by atoms with Gasteiger partial charge in [-0.2, -0.15) is 5.26 Å². The van der Waals surface area contributed by atoms with Crippen LogP contribution in [0.4, 0.5) is 0 Å². The highest BCUT2D eigenvalue weighted by molar-refractivity contribution is 6.04. The number of allylic oxidation sites excluding steroid dienone is 4. The zero-order valence-corrected chi connectivity index (χ0v) is 25.6. The summed E-state index contributed by atoms with van der Waals surface area (Å²) < 4.78 is 0. The van der Waals surface area contributed by atoms with E-state index in [0.29, 0.717) is 0 Å². The molecule has 5 nitrogen and oxygen atoms in total. The average Bonchev–Trinajstić information content (AvgIpc) is 2.82. The maximum Gasteiger partial charge on any atom is 0.226 e. The van der Waals surface area contributed by atoms with Gasteiger partial charge in [0.05, 0.1) is 11.0 Å². The number of hydrogen-bond acceptors (Lipinski definition) is 4. The lowest BCUT2D eigenvalue weighted by Crippen LogP contribution is -2.66. The molecule has 0 heterocycles. The molecule has 0 aromatic rings. The van der Waals surface area contributed by atoms with Crippen LogP contribution in [0.1, 0.15) is 107 Å². The molecule has 0 saturated heterocycles. The summed E-state index contributed by atoms with van der Waals surface area (Å²) in [7, 11) is 0. The quantitative estimate of drug-likeness (QED) is 0.427. The van der Waals surface area contributed by atoms with Crippen molar-refractivity contribution in [3.63, 3.8) is 0 Å². The second kappa shape index (κ2) is 8.40. The summed E-state index contributed by atoms with van der Waals surface area (Å²) in [5, 5.41) is 13.2. The van der Waals surface area contributed by atoms with E-state index >= 15 is 0 Å². The lowest BCUT2D eigenvalue weighted by atomic mass is 9.34. The van der Waals surface area contributed by atoms with Gasteiger partial charge in [-0.3, -0.25) is 14.4 Å². The topological polar surface area (TPSA) is 87.0 Å². The van der Waals surface area contributed by atoms with Crippen LogP contribution in [0, 0.1) is 61.6 Å². The predicted molar refractivity (Wildman–Crippen MR) is 152 cm³/mol. The largest absolute Gasteiger partial charge is 0.353 e. The molecule has 3 fully saturated rings. The van der Waals surface area contributed by atoms with Crippen LogP contribution < -0.4 is 5.32 Å². The lowest BCUT2D eigenvalue weighted by Gasteiger charge is -2.69. The molecular weight excluding hydrogens is 484 g/mol. The minimum absolute atomic E-state index is 0.000917. The Morgan fingerprint density at radius 2 is 1.64 bits per heavy atom. The van der Waals surface area contributed by atoms with Gasteiger partial charge >= 0.3 is 0 Å². The van der Waals surface area contributed by atoms with E-state index in [1.807, 2.05) is 39.8 Å². The minimum atomic E-state index is -0.665. The molecule has 5 rings (SSSR count). The second-order valence-electron chi connectivity index (χ2n) is 16.0. The van der Waals surface area contributed by atoms with Gasteiger partial charge in [-0.15, -0.1) is 0 Å². The maximum absolute atomic E-state index is 14.5. The van der Waals surface area contributed by atoms with Crippen molar-refractivity contribution < 1.29 is 14.4 Å². The average molecular weight is 533 g/mol. The van der Waals surface area contributed by atoms with E-state index in [9.17, 15) is 19.6 Å². The highest BCUT2D eigenvalue weighted by atomic mass is 16.2. The van der Waals surface area contributed by atoms with E-state index in [1.54, 1.807) is 0 Å². The van der Waals surface area contributed by atoms with Gasteiger partial charge in [-0.05, 0) is 93.0 Å². The third-order valence-corrected chi connectivity index (χ3v) is 12.7. The van der Waals surface area contributed by atoms with Gasteiger partial charge in [0.1, 0.15) is 6.07 Å². The fourth-order valence-corrected chi connectivity index (χ4v) is 10.4. The smallest absolute Gasteiger partial charge is 0.226 e. The number of ketones is 2. The first-order valence-electron chi connectivity index (χ1n) is 15.1. The van der Waals surface area contributed by atoms with Crippen molar-refractivity contribution in [2.45, 2.75) is 113 Å². The SMILES string of the molecule is CC(C)NC(=O)C12CCC(C)(C)C[C@H]1[C@H]1C(=O)C=C3[C@@]4(C)C=C(C#N)C(=O)C(C)(C)[C@@H]4CC[C@@]3(C)[C@]1(C)CC2. The molecule has 0 aromatic carbocycles. The molecule has 3 saturated carbocycles. The molecule has 0 spiro atoms. The molecule has 1 unspecified atom stereocenters. The van der Waals surface area contributed by atoms with Crippen molar-refractivity contribution in [2.24, 2.45) is 50.2 Å². The minimum Gasteiger partial charge on any atom is -0.353 e. The molecule has 0 aromatic heterocycles. The van der Waals surface area contributed by atoms with Crippen molar-refractivity contribution in [2.75, 3.05) is 0 Å². The molecular formula is C34H48N2O3. The van der Waals surface area contributed by atoms with Gasteiger partial charge in [-0.25, -0.2) is 0 Å². The zero-order chi connectivity index (χ0) is 29.0. The molecule has 1 N–H and O–H groups in total. The third kappa shape index (κ3) is 3.58. The number of carbonyl (C=O) groups is 3. The van der Waals surface area contributed by atoms with Crippen LogP contribution in [0.2, 0.25) is 0 Å². The van der Waals surface area contributed by atoms with E-state index in [4.69, 9.17) is 0 Å². The third-order valence-electron chi connectivity index (χ3n) is 12.7. The fourth-order valence-electron chi connectivity index (χ4n) is 10.4. The highest BCUT2D eigenvalue weighted by Crippen LogP contribution is 2.74. The second-order valence-corrected chi connectivity index (χ2v) is 16.0. The number of nitriles is 1. The zero-order valence-electron chi connectivity index (χ0n) is 25.6. The van der Waals surface area contributed by atoms with E-state index in [-0.39, 0.29) is 63.1 Å². The van der Waals surface area contributed by atoms with Crippen LogP contribution in [0.25, 0.3) is 0 Å². The summed E-state index contributed by atoms with van der Waals surface area (Å²) in [5.41, 5.74) is -0.840. The monoisotopic (exact) mass is 532 g/mol. The number of nitrogens with one attached hydrogen (secondary N) is 1. The molecule has 0 radical (unpaired) electrons. The van der Waals surface area contributed by atoms with Crippen LogP contribution in [-0.4, -0.2) is 23.5 Å². The Hall–Kier alpha value is -2.22. The number of rotatable bonds is 2. The Bertz CT molecular complexity index is 1250. The normalized spacial score (nSPS) is 44.1. The van der Waals surface area contributed by atoms with Crippen LogP contribution in [0.3, 0.4) is 0 Å². The predicted octanol–water partition coefficient (Wildman–Crippen LogP) is 6.73. The molecule has 5 aliphatic rings. The Morgan fingerprint density at radius 1 is 1.00 bits per heavy atom. The van der Waals surface area contributed by atoms with Crippen molar-refractivity contribution in [3.8, 4) is 6.07 Å². The van der Waals surface area contributed by atoms with Gasteiger partial charge in [0.25, 0.3) is 0 Å². The Kier molecular flexibility index (Phi) is 6.10. The van der Waals surface area contributed by atoms with Crippen molar-refractivity contribution in [1.29, 1.82) is 5.26 Å². The first kappa shape index (κ1) is 28.3. The standard InChI is InChI=1S/C34H48N2O3/c1-20(2)36-28(39)34-14-12-29(3,4)18-22(34)26-23(37)16-25-31(7)17-21(19-35)27(38)30(5,6)24(31)10-11-32(25,8)33(26,9)13-15-34/h16-17,20,22,24,26H,10-15,18H2,1-9H3,(H,36,39)/t22-,24-,26-,31-,32+,33+,34?/m0/s1. The molecule has 39 heavy (non-hydrogen) atoms. The molecule has 0 bridgehead atoms. The Labute approximate surface area is 235 Å². The molecule has 5 heteroatoms. The number of fused-ring (bicyclic) bond motifs is 7.